The van der Waals surface area contributed by atoms with Crippen molar-refractivity contribution in [2.75, 3.05) is 0 Å². The first-order valence-electron chi connectivity index (χ1n) is 5.33. The fourth-order valence-corrected chi connectivity index (χ4v) is 1.55. The van der Waals surface area contributed by atoms with Crippen LogP contribution in [0.1, 0.15) is 18.7 Å². The lowest BCUT2D eigenvalue weighted by Gasteiger charge is -2.07. The monoisotopic (exact) mass is 267 g/mol. The van der Waals surface area contributed by atoms with Crippen molar-refractivity contribution >= 4 is 11.6 Å². The molecule has 0 saturated carbocycles. The van der Waals surface area contributed by atoms with Crippen LogP contribution in [-0.4, -0.2) is 10.1 Å². The van der Waals surface area contributed by atoms with Crippen molar-refractivity contribution in [3.8, 4) is 11.5 Å². The third kappa shape index (κ3) is 2.97. The number of benzene rings is 1. The average molecular weight is 268 g/mol. The molecule has 2 rings (SSSR count). The van der Waals surface area contributed by atoms with Gasteiger partial charge in [0.25, 0.3) is 0 Å². The van der Waals surface area contributed by atoms with Crippen LogP contribution in [0.5, 0.6) is 11.5 Å². The van der Waals surface area contributed by atoms with Gasteiger partial charge in [0.1, 0.15) is 17.3 Å². The van der Waals surface area contributed by atoms with Crippen molar-refractivity contribution in [3.05, 3.63) is 53.1 Å². The Morgan fingerprint density at radius 1 is 1.28 bits per heavy atom. The van der Waals surface area contributed by atoms with Gasteiger partial charge in [0.2, 0.25) is 0 Å². The molecule has 0 aliphatic rings. The zero-order valence-electron chi connectivity index (χ0n) is 9.60. The molecule has 0 fully saturated rings. The molecule has 0 amide bonds. The van der Waals surface area contributed by atoms with Crippen molar-refractivity contribution in [1.29, 1.82) is 0 Å². The maximum Gasteiger partial charge on any atom is 0.145 e. The van der Waals surface area contributed by atoms with Gasteiger partial charge in [0.15, 0.2) is 0 Å². The lowest BCUT2D eigenvalue weighted by molar-refractivity contribution is 0.194. The Morgan fingerprint density at radius 3 is 2.56 bits per heavy atom. The van der Waals surface area contributed by atoms with E-state index in [0.29, 0.717) is 17.2 Å². The number of aliphatic hydroxyl groups excluding tert-OH is 1. The van der Waals surface area contributed by atoms with Gasteiger partial charge in [-0.15, -0.1) is 0 Å². The second kappa shape index (κ2) is 5.33. The molecule has 18 heavy (non-hydrogen) atoms. The maximum absolute atomic E-state index is 13.0. The maximum atomic E-state index is 13.0. The van der Waals surface area contributed by atoms with E-state index >= 15 is 0 Å². The number of aromatic nitrogens is 1. The molecular weight excluding hydrogens is 257 g/mol. The molecule has 0 unspecified atom stereocenters. The Bertz CT molecular complexity index is 543. The lowest BCUT2D eigenvalue weighted by atomic mass is 10.2. The molecule has 0 radical (unpaired) electrons. The minimum atomic E-state index is -0.626. The van der Waals surface area contributed by atoms with Crippen molar-refractivity contribution in [3.63, 3.8) is 0 Å². The quantitative estimate of drug-likeness (QED) is 0.922. The number of aliphatic hydroxyl groups is 1. The minimum Gasteiger partial charge on any atom is -0.456 e. The summed E-state index contributed by atoms with van der Waals surface area (Å²) in [6.45, 7) is 1.63. The molecule has 5 heteroatoms. The van der Waals surface area contributed by atoms with Crippen LogP contribution in [0.3, 0.4) is 0 Å². The van der Waals surface area contributed by atoms with Gasteiger partial charge in [0, 0.05) is 6.07 Å². The van der Waals surface area contributed by atoms with Gasteiger partial charge in [-0.25, -0.2) is 4.39 Å². The van der Waals surface area contributed by atoms with Gasteiger partial charge in [-0.2, -0.15) is 0 Å². The highest BCUT2D eigenvalue weighted by Gasteiger charge is 2.05. The van der Waals surface area contributed by atoms with E-state index in [9.17, 15) is 9.50 Å². The first kappa shape index (κ1) is 12.8. The van der Waals surface area contributed by atoms with Crippen molar-refractivity contribution in [1.82, 2.24) is 4.98 Å². The molecule has 1 aromatic carbocycles. The van der Waals surface area contributed by atoms with Gasteiger partial charge in [0.05, 0.1) is 23.0 Å². The van der Waals surface area contributed by atoms with Gasteiger partial charge in [-0.3, -0.25) is 4.98 Å². The van der Waals surface area contributed by atoms with Crippen molar-refractivity contribution < 1.29 is 14.2 Å². The Morgan fingerprint density at radius 2 is 2.00 bits per heavy atom. The van der Waals surface area contributed by atoms with E-state index in [1.54, 1.807) is 19.1 Å². The molecule has 94 valence electrons. The Hall–Kier alpha value is -1.65. The number of pyridine rings is 1. The summed E-state index contributed by atoms with van der Waals surface area (Å²) in [6, 6.07) is 7.43. The zero-order valence-corrected chi connectivity index (χ0v) is 10.4. The predicted octanol–water partition coefficient (Wildman–Crippen LogP) is 3.72. The number of hydrogen-bond acceptors (Lipinski definition) is 3. The van der Waals surface area contributed by atoms with Crippen LogP contribution in [0.2, 0.25) is 5.02 Å². The summed E-state index contributed by atoms with van der Waals surface area (Å²) < 4.78 is 18.4. The van der Waals surface area contributed by atoms with Crippen LogP contribution < -0.4 is 4.74 Å². The summed E-state index contributed by atoms with van der Waals surface area (Å²) in [5.41, 5.74) is 0.555. The number of ether oxygens (including phenoxy) is 1. The number of halogens is 2. The molecule has 0 bridgehead atoms. The zero-order chi connectivity index (χ0) is 13.1. The topological polar surface area (TPSA) is 42.4 Å². The molecule has 1 aromatic heterocycles. The van der Waals surface area contributed by atoms with E-state index in [-0.39, 0.29) is 5.02 Å². The van der Waals surface area contributed by atoms with Crippen molar-refractivity contribution in [2.24, 2.45) is 0 Å². The number of hydrogen-bond donors (Lipinski definition) is 1. The number of rotatable bonds is 3. The summed E-state index contributed by atoms with van der Waals surface area (Å²) in [7, 11) is 0. The third-order valence-corrected chi connectivity index (χ3v) is 2.60. The molecule has 2 aromatic rings. The van der Waals surface area contributed by atoms with Crippen LogP contribution in [-0.2, 0) is 0 Å². The van der Waals surface area contributed by atoms with Crippen LogP contribution >= 0.6 is 11.6 Å². The molecule has 1 atom stereocenters. The van der Waals surface area contributed by atoms with Gasteiger partial charge >= 0.3 is 0 Å². The first-order valence-corrected chi connectivity index (χ1v) is 5.71. The molecule has 1 N–H and O–H groups in total. The Balaban J connectivity index is 2.15. The Kier molecular flexibility index (Phi) is 3.79. The highest BCUT2D eigenvalue weighted by Crippen LogP contribution is 2.26. The first-order chi connectivity index (χ1) is 8.56. The normalized spacial score (nSPS) is 12.2. The van der Waals surface area contributed by atoms with E-state index in [0.717, 1.165) is 0 Å². The highest BCUT2D eigenvalue weighted by molar-refractivity contribution is 6.30. The summed E-state index contributed by atoms with van der Waals surface area (Å²) in [6.07, 6.45) is 0.860. The lowest BCUT2D eigenvalue weighted by Crippen LogP contribution is -1.95. The van der Waals surface area contributed by atoms with Crippen LogP contribution in [0.15, 0.2) is 36.5 Å². The highest BCUT2D eigenvalue weighted by atomic mass is 35.5. The Labute approximate surface area is 109 Å². The minimum absolute atomic E-state index is 0.000981. The SMILES string of the molecule is C[C@@H](O)c1ccc(Oc2ccc(F)c(Cl)c2)cn1. The van der Waals surface area contributed by atoms with E-state index < -0.39 is 11.9 Å². The number of nitrogens with zero attached hydrogens (tertiary/aromatic N) is 1. The summed E-state index contributed by atoms with van der Waals surface area (Å²) >= 11 is 5.64. The van der Waals surface area contributed by atoms with Crippen LogP contribution in [0.4, 0.5) is 4.39 Å². The van der Waals surface area contributed by atoms with Crippen LogP contribution in [0.25, 0.3) is 0 Å². The molecule has 0 saturated heterocycles. The molecule has 0 spiro atoms. The predicted molar refractivity (Wildman–Crippen MR) is 66.4 cm³/mol. The van der Waals surface area contributed by atoms with Gasteiger partial charge in [-0.1, -0.05) is 11.6 Å². The van der Waals surface area contributed by atoms with E-state index in [2.05, 4.69) is 4.98 Å². The fourth-order valence-electron chi connectivity index (χ4n) is 1.38. The van der Waals surface area contributed by atoms with Crippen molar-refractivity contribution in [2.45, 2.75) is 13.0 Å². The average Bonchev–Trinajstić information content (AvgIpc) is 2.34. The largest absolute Gasteiger partial charge is 0.456 e. The fraction of sp³-hybridized carbons (Fsp3) is 0.154. The smallest absolute Gasteiger partial charge is 0.145 e. The summed E-state index contributed by atoms with van der Waals surface area (Å²) in [5.74, 6) is 0.418. The van der Waals surface area contributed by atoms with Gasteiger partial charge in [-0.05, 0) is 31.2 Å². The molecule has 1 heterocycles. The van der Waals surface area contributed by atoms with Gasteiger partial charge < -0.3 is 9.84 Å². The van der Waals surface area contributed by atoms with Crippen LogP contribution in [0, 0.1) is 5.82 Å². The molecule has 0 aliphatic carbocycles. The standard InChI is InChI=1S/C13H11ClFNO2/c1-8(17)13-5-3-10(7-16-13)18-9-2-4-12(15)11(14)6-9/h2-8,17H,1H3/t8-/m1/s1. The van der Waals surface area contributed by atoms with E-state index in [4.69, 9.17) is 16.3 Å². The second-order valence-corrected chi connectivity index (χ2v) is 4.18. The summed E-state index contributed by atoms with van der Waals surface area (Å²) in [5, 5.41) is 9.31. The second-order valence-electron chi connectivity index (χ2n) is 3.77. The summed E-state index contributed by atoms with van der Waals surface area (Å²) in [4.78, 5) is 4.03. The van der Waals surface area contributed by atoms with E-state index in [1.165, 1.54) is 24.4 Å². The molecule has 0 aliphatic heterocycles. The molecule has 3 nitrogen and oxygen atoms in total. The van der Waals surface area contributed by atoms with E-state index in [1.807, 2.05) is 0 Å². The molecular formula is C13H11ClFNO2. The third-order valence-electron chi connectivity index (χ3n) is 2.31.